The van der Waals surface area contributed by atoms with E-state index in [-0.39, 0.29) is 29.1 Å². The molecule has 26 heavy (non-hydrogen) atoms. The van der Waals surface area contributed by atoms with Gasteiger partial charge in [0.25, 0.3) is 0 Å². The number of fused-ring (bicyclic) bond motifs is 3. The van der Waals surface area contributed by atoms with E-state index in [1.807, 2.05) is 6.07 Å². The maximum absolute atomic E-state index is 12.6. The van der Waals surface area contributed by atoms with Crippen LogP contribution in [0.15, 0.2) is 36.4 Å². The van der Waals surface area contributed by atoms with Gasteiger partial charge in [-0.2, -0.15) is 14.0 Å². The summed E-state index contributed by atoms with van der Waals surface area (Å²) in [6, 6.07) is 10.7. The van der Waals surface area contributed by atoms with E-state index in [1.54, 1.807) is 18.2 Å². The first-order valence-electron chi connectivity index (χ1n) is 7.68. The Hall–Kier alpha value is -3.34. The first-order chi connectivity index (χ1) is 12.5. The summed E-state index contributed by atoms with van der Waals surface area (Å²) in [6.07, 6.45) is -0.370. The van der Waals surface area contributed by atoms with Crippen LogP contribution in [0.2, 0.25) is 0 Å². The molecule has 0 spiro atoms. The van der Waals surface area contributed by atoms with Gasteiger partial charge in [-0.15, -0.1) is 0 Å². The molecular formula is C18H11F2NO5. The highest BCUT2D eigenvalue weighted by Gasteiger charge is 2.63. The van der Waals surface area contributed by atoms with Gasteiger partial charge in [0.15, 0.2) is 11.5 Å². The van der Waals surface area contributed by atoms with Gasteiger partial charge in [0.2, 0.25) is 0 Å². The van der Waals surface area contributed by atoms with Crippen molar-refractivity contribution in [1.29, 1.82) is 5.26 Å². The number of benzene rings is 2. The number of nitriles is 1. The molecule has 0 radical (unpaired) electrons. The average Bonchev–Trinajstić information content (AvgIpc) is 3.19. The molecule has 0 aromatic heterocycles. The van der Waals surface area contributed by atoms with E-state index in [1.165, 1.54) is 12.1 Å². The van der Waals surface area contributed by atoms with Crippen LogP contribution in [0.25, 0.3) is 0 Å². The summed E-state index contributed by atoms with van der Waals surface area (Å²) in [5, 5.41) is 18.0. The molecule has 0 amide bonds. The lowest BCUT2D eigenvalue weighted by atomic mass is 10.1. The van der Waals surface area contributed by atoms with Gasteiger partial charge >= 0.3 is 12.6 Å². The number of carboxylic acids is 1. The van der Waals surface area contributed by atoms with E-state index in [4.69, 9.17) is 19.8 Å². The number of halogens is 2. The number of ether oxygens (including phenoxy) is 3. The van der Waals surface area contributed by atoms with Crippen LogP contribution >= 0.6 is 0 Å². The monoisotopic (exact) mass is 359 g/mol. The first kappa shape index (κ1) is 16.1. The number of alkyl halides is 2. The smallest absolute Gasteiger partial charge is 0.387 e. The van der Waals surface area contributed by atoms with Crippen LogP contribution in [-0.2, 0) is 4.79 Å². The van der Waals surface area contributed by atoms with Gasteiger partial charge in [-0.25, -0.2) is 0 Å². The summed E-state index contributed by atoms with van der Waals surface area (Å²) in [4.78, 5) is 11.1. The minimum atomic E-state index is -3.06. The number of aliphatic carboxylic acids is 1. The minimum absolute atomic E-state index is 0.0239. The zero-order chi connectivity index (χ0) is 18.4. The number of carboxylic acid groups (broad SMARTS) is 1. The standard InChI is InChI=1S/C18H11F2NO5/c19-18(20)26-13-5-8(7-21)1-4-11(13)24-9-2-3-10-12(6-9)25-16-14(10)15(16)17(22)23/h1-6,14-16,18H,(H,22,23). The Balaban J connectivity index is 1.58. The Labute approximate surface area is 146 Å². The Morgan fingerprint density at radius 3 is 2.73 bits per heavy atom. The molecule has 3 unspecified atom stereocenters. The molecular weight excluding hydrogens is 348 g/mol. The lowest BCUT2D eigenvalue weighted by molar-refractivity contribution is -0.139. The summed E-state index contributed by atoms with van der Waals surface area (Å²) in [7, 11) is 0. The predicted molar refractivity (Wildman–Crippen MR) is 82.6 cm³/mol. The highest BCUT2D eigenvalue weighted by Crippen LogP contribution is 2.59. The second kappa shape index (κ2) is 5.88. The minimum Gasteiger partial charge on any atom is -0.488 e. The summed E-state index contributed by atoms with van der Waals surface area (Å²) >= 11 is 0. The van der Waals surface area contributed by atoms with Crippen molar-refractivity contribution in [2.45, 2.75) is 18.6 Å². The maximum Gasteiger partial charge on any atom is 0.387 e. The molecule has 2 aliphatic rings. The average molecular weight is 359 g/mol. The summed E-state index contributed by atoms with van der Waals surface area (Å²) in [6.45, 7) is -3.06. The largest absolute Gasteiger partial charge is 0.488 e. The number of hydrogen-bond acceptors (Lipinski definition) is 5. The lowest BCUT2D eigenvalue weighted by Gasteiger charge is -2.13. The quantitative estimate of drug-likeness (QED) is 0.879. The SMILES string of the molecule is N#Cc1ccc(Oc2ccc3c(c2)OC2C(C(=O)O)C32)c(OC(F)F)c1. The van der Waals surface area contributed by atoms with Crippen molar-refractivity contribution >= 4 is 5.97 Å². The van der Waals surface area contributed by atoms with Gasteiger partial charge in [-0.1, -0.05) is 6.07 Å². The molecule has 2 aromatic carbocycles. The molecule has 3 atom stereocenters. The zero-order valence-electron chi connectivity index (χ0n) is 13.1. The summed E-state index contributed by atoms with van der Waals surface area (Å²) in [5.74, 6) is -0.980. The molecule has 4 rings (SSSR count). The van der Waals surface area contributed by atoms with Crippen LogP contribution in [0.4, 0.5) is 8.78 Å². The Morgan fingerprint density at radius 2 is 2.04 bits per heavy atom. The fourth-order valence-corrected chi connectivity index (χ4v) is 3.17. The lowest BCUT2D eigenvalue weighted by Crippen LogP contribution is -2.08. The topological polar surface area (TPSA) is 88.8 Å². The Morgan fingerprint density at radius 1 is 1.23 bits per heavy atom. The van der Waals surface area contributed by atoms with Crippen LogP contribution < -0.4 is 14.2 Å². The summed E-state index contributed by atoms with van der Waals surface area (Å²) < 4.78 is 40.8. The second-order valence-electron chi connectivity index (χ2n) is 5.93. The molecule has 1 aliphatic heterocycles. The molecule has 132 valence electrons. The molecule has 1 aliphatic carbocycles. The van der Waals surface area contributed by atoms with Crippen molar-refractivity contribution in [1.82, 2.24) is 0 Å². The van der Waals surface area contributed by atoms with Crippen molar-refractivity contribution in [3.8, 4) is 29.1 Å². The highest BCUT2D eigenvalue weighted by atomic mass is 19.3. The molecule has 1 N–H and O–H groups in total. The third-order valence-corrected chi connectivity index (χ3v) is 4.36. The maximum atomic E-state index is 12.6. The van der Waals surface area contributed by atoms with Crippen molar-refractivity contribution in [2.24, 2.45) is 5.92 Å². The second-order valence-corrected chi connectivity index (χ2v) is 5.93. The zero-order valence-corrected chi connectivity index (χ0v) is 13.1. The molecule has 0 bridgehead atoms. The number of hydrogen-bond donors (Lipinski definition) is 1. The molecule has 1 heterocycles. The fraction of sp³-hybridized carbons (Fsp3) is 0.222. The normalized spacial score (nSPS) is 22.0. The van der Waals surface area contributed by atoms with Gasteiger partial charge in [0, 0.05) is 23.6 Å². The van der Waals surface area contributed by atoms with Crippen LogP contribution in [0.1, 0.15) is 17.0 Å². The number of carbonyl (C=O) groups is 1. The van der Waals surface area contributed by atoms with E-state index in [2.05, 4.69) is 4.74 Å². The van der Waals surface area contributed by atoms with Crippen molar-refractivity contribution in [3.05, 3.63) is 47.5 Å². The molecule has 2 aromatic rings. The van der Waals surface area contributed by atoms with Crippen LogP contribution in [0, 0.1) is 17.2 Å². The van der Waals surface area contributed by atoms with Gasteiger partial charge in [0.1, 0.15) is 23.5 Å². The Kier molecular flexibility index (Phi) is 3.65. The van der Waals surface area contributed by atoms with Gasteiger partial charge < -0.3 is 19.3 Å². The number of rotatable bonds is 5. The third-order valence-electron chi connectivity index (χ3n) is 4.36. The van der Waals surface area contributed by atoms with Crippen molar-refractivity contribution in [3.63, 3.8) is 0 Å². The molecule has 1 fully saturated rings. The van der Waals surface area contributed by atoms with E-state index >= 15 is 0 Å². The van der Waals surface area contributed by atoms with E-state index in [9.17, 15) is 13.6 Å². The van der Waals surface area contributed by atoms with Crippen LogP contribution in [-0.4, -0.2) is 23.8 Å². The first-order valence-corrected chi connectivity index (χ1v) is 7.68. The van der Waals surface area contributed by atoms with E-state index in [0.29, 0.717) is 11.5 Å². The van der Waals surface area contributed by atoms with Crippen LogP contribution in [0.3, 0.4) is 0 Å². The van der Waals surface area contributed by atoms with Gasteiger partial charge in [-0.3, -0.25) is 4.79 Å². The molecule has 6 nitrogen and oxygen atoms in total. The van der Waals surface area contributed by atoms with Crippen molar-refractivity contribution < 1.29 is 32.9 Å². The van der Waals surface area contributed by atoms with E-state index in [0.717, 1.165) is 11.6 Å². The van der Waals surface area contributed by atoms with Crippen molar-refractivity contribution in [2.75, 3.05) is 0 Å². The van der Waals surface area contributed by atoms with Crippen LogP contribution in [0.5, 0.6) is 23.0 Å². The fourth-order valence-electron chi connectivity index (χ4n) is 3.17. The van der Waals surface area contributed by atoms with Gasteiger partial charge in [-0.05, 0) is 18.2 Å². The predicted octanol–water partition coefficient (Wildman–Crippen LogP) is 3.51. The molecule has 1 saturated carbocycles. The molecule has 8 heteroatoms. The highest BCUT2D eigenvalue weighted by molar-refractivity contribution is 5.79. The summed E-state index contributed by atoms with van der Waals surface area (Å²) in [5.41, 5.74) is 0.948. The third kappa shape index (κ3) is 2.67. The molecule has 0 saturated heterocycles. The number of nitrogens with zero attached hydrogens (tertiary/aromatic N) is 1. The van der Waals surface area contributed by atoms with Gasteiger partial charge in [0.05, 0.1) is 11.6 Å². The Bertz CT molecular complexity index is 940. The van der Waals surface area contributed by atoms with E-state index < -0.39 is 18.5 Å².